The highest BCUT2D eigenvalue weighted by Gasteiger charge is 2.61. The first-order valence-electron chi connectivity index (χ1n) is 4.21. The van der Waals surface area contributed by atoms with Crippen LogP contribution in [0, 0.1) is 11.8 Å². The second-order valence-corrected chi connectivity index (χ2v) is 5.35. The molecule has 2 unspecified atom stereocenters. The van der Waals surface area contributed by atoms with E-state index in [1.165, 1.54) is 25.7 Å². The lowest BCUT2D eigenvalue weighted by atomic mass is 9.57. The maximum atomic E-state index is 3.90. The molecular weight excluding hydrogens is 188 g/mol. The smallest absolute Gasteiger partial charge is 0.0422 e. The van der Waals surface area contributed by atoms with Crippen LogP contribution in [-0.2, 0) is 0 Å². The average molecular weight is 199 g/mol. The van der Waals surface area contributed by atoms with Crippen LogP contribution in [0.3, 0.4) is 0 Å². The molecule has 0 aromatic rings. The summed E-state index contributed by atoms with van der Waals surface area (Å²) in [6.45, 7) is 0. The van der Waals surface area contributed by atoms with Crippen LogP contribution in [0.15, 0.2) is 11.6 Å². The van der Waals surface area contributed by atoms with Crippen LogP contribution in [0.2, 0.25) is 0 Å². The Labute approximate surface area is 69.8 Å². The molecule has 2 saturated carbocycles. The summed E-state index contributed by atoms with van der Waals surface area (Å²) < 4.78 is 0.570. The molecule has 0 radical (unpaired) electrons. The van der Waals surface area contributed by atoms with Gasteiger partial charge in [-0.2, -0.15) is 0 Å². The van der Waals surface area contributed by atoms with Crippen LogP contribution in [0.25, 0.3) is 0 Å². The van der Waals surface area contributed by atoms with Gasteiger partial charge in [-0.3, -0.25) is 0 Å². The first-order valence-corrected chi connectivity index (χ1v) is 5.00. The SMILES string of the molecule is BrC12CC=C3C1CCCC32. The zero-order valence-electron chi connectivity index (χ0n) is 5.94. The summed E-state index contributed by atoms with van der Waals surface area (Å²) in [6.07, 6.45) is 8.17. The van der Waals surface area contributed by atoms with E-state index in [-0.39, 0.29) is 0 Å². The molecule has 1 heteroatoms. The highest BCUT2D eigenvalue weighted by Crippen LogP contribution is 2.67. The topological polar surface area (TPSA) is 0 Å². The summed E-state index contributed by atoms with van der Waals surface area (Å²) in [7, 11) is 0. The molecule has 0 aliphatic heterocycles. The summed E-state index contributed by atoms with van der Waals surface area (Å²) in [5.41, 5.74) is 1.79. The number of hydrogen-bond donors (Lipinski definition) is 0. The van der Waals surface area contributed by atoms with Crippen LogP contribution >= 0.6 is 15.9 Å². The van der Waals surface area contributed by atoms with E-state index < -0.39 is 0 Å². The van der Waals surface area contributed by atoms with Gasteiger partial charge in [0.1, 0.15) is 0 Å². The van der Waals surface area contributed by atoms with E-state index in [2.05, 4.69) is 22.0 Å². The number of rotatable bonds is 0. The fraction of sp³-hybridized carbons (Fsp3) is 0.778. The number of halogens is 1. The Hall–Kier alpha value is 0.220. The molecule has 0 N–H and O–H groups in total. The van der Waals surface area contributed by atoms with Crippen molar-refractivity contribution >= 4 is 15.9 Å². The van der Waals surface area contributed by atoms with Gasteiger partial charge in [0.05, 0.1) is 0 Å². The van der Waals surface area contributed by atoms with Gasteiger partial charge in [-0.05, 0) is 31.1 Å². The molecule has 0 heterocycles. The summed E-state index contributed by atoms with van der Waals surface area (Å²) >= 11 is 3.90. The van der Waals surface area contributed by atoms with Crippen LogP contribution < -0.4 is 0 Å². The molecule has 4 aliphatic carbocycles. The van der Waals surface area contributed by atoms with Gasteiger partial charge in [-0.1, -0.05) is 34.0 Å². The van der Waals surface area contributed by atoms with Gasteiger partial charge < -0.3 is 0 Å². The molecular formula is C9H11Br. The van der Waals surface area contributed by atoms with Crippen molar-refractivity contribution in [3.63, 3.8) is 0 Å². The fourth-order valence-corrected chi connectivity index (χ4v) is 4.27. The van der Waals surface area contributed by atoms with Gasteiger partial charge in [0.2, 0.25) is 0 Å². The summed E-state index contributed by atoms with van der Waals surface area (Å²) in [4.78, 5) is 0. The van der Waals surface area contributed by atoms with Crippen molar-refractivity contribution in [1.29, 1.82) is 0 Å². The monoisotopic (exact) mass is 198 g/mol. The molecule has 54 valence electrons. The van der Waals surface area contributed by atoms with Crippen molar-refractivity contribution in [3.8, 4) is 0 Å². The molecule has 4 bridgehead atoms. The molecule has 0 nitrogen and oxygen atoms in total. The zero-order valence-corrected chi connectivity index (χ0v) is 7.52. The van der Waals surface area contributed by atoms with Crippen molar-refractivity contribution in [2.24, 2.45) is 11.8 Å². The minimum absolute atomic E-state index is 0.570. The Bertz CT molecular complexity index is 203. The van der Waals surface area contributed by atoms with Crippen LogP contribution in [-0.4, -0.2) is 4.32 Å². The van der Waals surface area contributed by atoms with E-state index in [4.69, 9.17) is 0 Å². The van der Waals surface area contributed by atoms with E-state index in [0.29, 0.717) is 4.32 Å². The Morgan fingerprint density at radius 1 is 1.40 bits per heavy atom. The molecule has 2 fully saturated rings. The molecule has 4 rings (SSSR count). The minimum Gasteiger partial charge on any atom is -0.0837 e. The average Bonchev–Trinajstić information content (AvgIpc) is 2.47. The zero-order chi connectivity index (χ0) is 6.77. The lowest BCUT2D eigenvalue weighted by molar-refractivity contribution is 0.170. The molecule has 0 amide bonds. The van der Waals surface area contributed by atoms with Crippen molar-refractivity contribution in [3.05, 3.63) is 11.6 Å². The summed E-state index contributed by atoms with van der Waals surface area (Å²) in [5.74, 6) is 1.90. The maximum absolute atomic E-state index is 3.90. The van der Waals surface area contributed by atoms with E-state index in [1.807, 2.05) is 0 Å². The molecule has 0 spiro atoms. The Kier molecular flexibility index (Phi) is 0.887. The first-order chi connectivity index (χ1) is 4.82. The van der Waals surface area contributed by atoms with E-state index in [9.17, 15) is 0 Å². The van der Waals surface area contributed by atoms with Crippen molar-refractivity contribution in [2.75, 3.05) is 0 Å². The van der Waals surface area contributed by atoms with Crippen LogP contribution in [0.5, 0.6) is 0 Å². The predicted octanol–water partition coefficient (Wildman–Crippen LogP) is 2.88. The van der Waals surface area contributed by atoms with Gasteiger partial charge in [-0.25, -0.2) is 0 Å². The standard InChI is InChI=1S/C9H11Br/c10-9-5-4-6-7(9)2-1-3-8(6)9/h4,7-8H,1-3,5H2. The lowest BCUT2D eigenvalue weighted by Gasteiger charge is -2.54. The van der Waals surface area contributed by atoms with Crippen LogP contribution in [0.1, 0.15) is 25.7 Å². The van der Waals surface area contributed by atoms with Gasteiger partial charge >= 0.3 is 0 Å². The third kappa shape index (κ3) is 0.413. The molecule has 0 saturated heterocycles. The molecule has 4 aliphatic rings. The first kappa shape index (κ1) is 5.82. The van der Waals surface area contributed by atoms with Gasteiger partial charge in [0, 0.05) is 4.32 Å². The molecule has 10 heavy (non-hydrogen) atoms. The van der Waals surface area contributed by atoms with Gasteiger partial charge in [0.25, 0.3) is 0 Å². The van der Waals surface area contributed by atoms with Crippen LogP contribution in [0.4, 0.5) is 0 Å². The normalized spacial score (nSPS) is 55.9. The number of alkyl halides is 1. The number of fused-ring (bicyclic) bond motifs is 1. The van der Waals surface area contributed by atoms with Crippen molar-refractivity contribution < 1.29 is 0 Å². The molecule has 2 atom stereocenters. The number of hydrogen-bond acceptors (Lipinski definition) is 0. The van der Waals surface area contributed by atoms with E-state index >= 15 is 0 Å². The van der Waals surface area contributed by atoms with Crippen molar-refractivity contribution in [2.45, 2.75) is 30.0 Å². The Morgan fingerprint density at radius 3 is 2.50 bits per heavy atom. The number of allylic oxidation sites excluding steroid dienone is 2. The molecule has 0 aromatic heterocycles. The Morgan fingerprint density at radius 2 is 2.10 bits per heavy atom. The van der Waals surface area contributed by atoms with Gasteiger partial charge in [0.15, 0.2) is 0 Å². The second-order valence-electron chi connectivity index (χ2n) is 3.87. The maximum Gasteiger partial charge on any atom is 0.0422 e. The van der Waals surface area contributed by atoms with E-state index in [0.717, 1.165) is 11.8 Å². The minimum atomic E-state index is 0.570. The predicted molar refractivity (Wildman–Crippen MR) is 45.2 cm³/mol. The summed E-state index contributed by atoms with van der Waals surface area (Å²) in [6, 6.07) is 0. The second kappa shape index (κ2) is 1.52. The highest BCUT2D eigenvalue weighted by molar-refractivity contribution is 9.10. The fourth-order valence-electron chi connectivity index (χ4n) is 3.13. The molecule has 0 aromatic carbocycles. The largest absolute Gasteiger partial charge is 0.0837 e. The Balaban J connectivity index is 2.07. The lowest BCUT2D eigenvalue weighted by Crippen LogP contribution is -2.51. The van der Waals surface area contributed by atoms with E-state index in [1.54, 1.807) is 5.57 Å². The third-order valence-corrected chi connectivity index (χ3v) is 5.03. The quantitative estimate of drug-likeness (QED) is 0.415. The summed E-state index contributed by atoms with van der Waals surface area (Å²) in [5, 5.41) is 0. The van der Waals surface area contributed by atoms with Crippen molar-refractivity contribution in [1.82, 2.24) is 0 Å². The third-order valence-electron chi connectivity index (χ3n) is 3.60. The highest BCUT2D eigenvalue weighted by atomic mass is 79.9. The van der Waals surface area contributed by atoms with Gasteiger partial charge in [-0.15, -0.1) is 0 Å².